The molecule has 0 saturated carbocycles. The standard InChI is InChI=1S/C14H24O2Si/c15-17(16)13-9-4-2-1-3-6-10-14-11-7-5-8-12-14/h5,7-8,11-12,15-17H,1-4,6,9-10,13H2. The number of unbranched alkanes of at least 4 members (excludes halogenated alkanes) is 5. The molecule has 2 N–H and O–H groups in total. The number of hydrogen-bond donors (Lipinski definition) is 2. The molecule has 0 fully saturated rings. The van der Waals surface area contributed by atoms with Crippen LogP contribution in [0.5, 0.6) is 0 Å². The smallest absolute Gasteiger partial charge is 0.315 e. The van der Waals surface area contributed by atoms with Gasteiger partial charge in [-0.3, -0.25) is 0 Å². The van der Waals surface area contributed by atoms with E-state index >= 15 is 0 Å². The largest absolute Gasteiger partial charge is 0.413 e. The van der Waals surface area contributed by atoms with Crippen molar-refractivity contribution in [3.8, 4) is 0 Å². The molecule has 0 atom stereocenters. The summed E-state index contributed by atoms with van der Waals surface area (Å²) >= 11 is 0. The molecule has 2 nitrogen and oxygen atoms in total. The number of aryl methyl sites for hydroxylation is 1. The fourth-order valence-corrected chi connectivity index (χ4v) is 2.66. The van der Waals surface area contributed by atoms with Crippen LogP contribution in [0, 0.1) is 0 Å². The maximum absolute atomic E-state index is 8.81. The lowest BCUT2D eigenvalue weighted by molar-refractivity contribution is 0.401. The molecule has 0 saturated heterocycles. The highest BCUT2D eigenvalue weighted by Gasteiger charge is 2.00. The molecule has 1 aromatic carbocycles. The van der Waals surface area contributed by atoms with Gasteiger partial charge in [-0.2, -0.15) is 0 Å². The van der Waals surface area contributed by atoms with Crippen molar-refractivity contribution in [2.24, 2.45) is 0 Å². The van der Waals surface area contributed by atoms with E-state index < -0.39 is 9.28 Å². The first-order valence-corrected chi connectivity index (χ1v) is 8.54. The van der Waals surface area contributed by atoms with Crippen LogP contribution in [0.25, 0.3) is 0 Å². The summed E-state index contributed by atoms with van der Waals surface area (Å²) in [5, 5.41) is 0. The monoisotopic (exact) mass is 252 g/mol. The number of rotatable bonds is 9. The van der Waals surface area contributed by atoms with Gasteiger partial charge in [0.15, 0.2) is 0 Å². The SMILES string of the molecule is O[SiH](O)CCCCCCCCc1ccccc1. The van der Waals surface area contributed by atoms with Gasteiger partial charge in [0.1, 0.15) is 0 Å². The molecule has 1 aromatic rings. The highest BCUT2D eigenvalue weighted by Crippen LogP contribution is 2.10. The van der Waals surface area contributed by atoms with E-state index in [4.69, 9.17) is 9.59 Å². The molecule has 0 bridgehead atoms. The lowest BCUT2D eigenvalue weighted by atomic mass is 10.1. The molecule has 0 amide bonds. The van der Waals surface area contributed by atoms with Crippen molar-refractivity contribution in [3.63, 3.8) is 0 Å². The Morgan fingerprint density at radius 2 is 1.35 bits per heavy atom. The Balaban J connectivity index is 1.88. The molecule has 96 valence electrons. The molecule has 3 heteroatoms. The predicted molar refractivity (Wildman–Crippen MR) is 74.2 cm³/mol. The van der Waals surface area contributed by atoms with E-state index in [9.17, 15) is 0 Å². The molecule has 0 aromatic heterocycles. The zero-order valence-corrected chi connectivity index (χ0v) is 11.7. The first-order valence-electron chi connectivity index (χ1n) is 6.69. The van der Waals surface area contributed by atoms with Crippen LogP contribution in [0.2, 0.25) is 6.04 Å². The summed E-state index contributed by atoms with van der Waals surface area (Å²) in [6, 6.07) is 11.3. The minimum atomic E-state index is -2.28. The average Bonchev–Trinajstić information content (AvgIpc) is 2.33. The van der Waals surface area contributed by atoms with Crippen LogP contribution < -0.4 is 0 Å². The summed E-state index contributed by atoms with van der Waals surface area (Å²) in [5.41, 5.74) is 1.43. The quantitative estimate of drug-likeness (QED) is 0.524. The first kappa shape index (κ1) is 14.4. The second-order valence-electron chi connectivity index (χ2n) is 4.63. The third-order valence-corrected chi connectivity index (χ3v) is 3.95. The van der Waals surface area contributed by atoms with Crippen molar-refractivity contribution in [1.29, 1.82) is 0 Å². The molecule has 0 heterocycles. The fraction of sp³-hybridized carbons (Fsp3) is 0.571. The van der Waals surface area contributed by atoms with Gasteiger partial charge in [0.2, 0.25) is 0 Å². The summed E-state index contributed by atoms with van der Waals surface area (Å²) in [6.45, 7) is 0. The van der Waals surface area contributed by atoms with Gasteiger partial charge in [0.25, 0.3) is 0 Å². The van der Waals surface area contributed by atoms with Crippen LogP contribution in [0.4, 0.5) is 0 Å². The summed E-state index contributed by atoms with van der Waals surface area (Å²) < 4.78 is 0. The predicted octanol–water partition coefficient (Wildman–Crippen LogP) is 2.77. The van der Waals surface area contributed by atoms with Gasteiger partial charge >= 0.3 is 9.28 Å². The Morgan fingerprint density at radius 3 is 2.00 bits per heavy atom. The van der Waals surface area contributed by atoms with Gasteiger partial charge in [-0.1, -0.05) is 62.4 Å². The Morgan fingerprint density at radius 1 is 0.765 bits per heavy atom. The fourth-order valence-electron chi connectivity index (χ4n) is 2.01. The normalized spacial score (nSPS) is 11.0. The van der Waals surface area contributed by atoms with E-state index in [2.05, 4.69) is 30.3 Å². The van der Waals surface area contributed by atoms with Crippen LogP contribution in [0.1, 0.15) is 44.1 Å². The molecule has 0 aliphatic heterocycles. The van der Waals surface area contributed by atoms with Gasteiger partial charge in [-0.25, -0.2) is 0 Å². The Bertz CT molecular complexity index is 275. The van der Waals surface area contributed by atoms with Crippen molar-refractivity contribution in [2.45, 2.75) is 51.0 Å². The van der Waals surface area contributed by atoms with Gasteiger partial charge < -0.3 is 9.59 Å². The van der Waals surface area contributed by atoms with Gasteiger partial charge in [0.05, 0.1) is 0 Å². The van der Waals surface area contributed by atoms with Crippen LogP contribution in [-0.2, 0) is 6.42 Å². The maximum atomic E-state index is 8.81. The molecule has 0 aliphatic rings. The lowest BCUT2D eigenvalue weighted by Crippen LogP contribution is -2.09. The summed E-state index contributed by atoms with van der Waals surface area (Å²) in [6.07, 6.45) is 8.38. The zero-order chi connectivity index (χ0) is 12.3. The van der Waals surface area contributed by atoms with E-state index in [1.807, 2.05) is 0 Å². The third-order valence-electron chi connectivity index (χ3n) is 3.02. The number of hydrogen-bond acceptors (Lipinski definition) is 2. The minimum Gasteiger partial charge on any atom is -0.413 e. The highest BCUT2D eigenvalue weighted by atomic mass is 28.3. The molecule has 0 radical (unpaired) electrons. The van der Waals surface area contributed by atoms with Crippen molar-refractivity contribution < 1.29 is 9.59 Å². The molecular formula is C14H24O2Si. The molecular weight excluding hydrogens is 228 g/mol. The second kappa shape index (κ2) is 9.39. The van der Waals surface area contributed by atoms with E-state index in [0.717, 1.165) is 12.8 Å². The summed E-state index contributed by atoms with van der Waals surface area (Å²) in [5.74, 6) is 0. The van der Waals surface area contributed by atoms with Gasteiger partial charge in [0, 0.05) is 0 Å². The van der Waals surface area contributed by atoms with Crippen LogP contribution in [0.3, 0.4) is 0 Å². The van der Waals surface area contributed by atoms with E-state index in [1.54, 1.807) is 0 Å². The Hall–Kier alpha value is -0.643. The van der Waals surface area contributed by atoms with Crippen molar-refractivity contribution in [2.75, 3.05) is 0 Å². The van der Waals surface area contributed by atoms with Gasteiger partial charge in [-0.05, 0) is 24.4 Å². The zero-order valence-electron chi connectivity index (χ0n) is 10.5. The summed E-state index contributed by atoms with van der Waals surface area (Å²) in [7, 11) is -2.28. The van der Waals surface area contributed by atoms with Crippen molar-refractivity contribution in [1.82, 2.24) is 0 Å². The number of benzene rings is 1. The topological polar surface area (TPSA) is 40.5 Å². The van der Waals surface area contributed by atoms with Crippen LogP contribution in [-0.4, -0.2) is 18.9 Å². The van der Waals surface area contributed by atoms with E-state index in [-0.39, 0.29) is 0 Å². The Kier molecular flexibility index (Phi) is 7.97. The average molecular weight is 252 g/mol. The lowest BCUT2D eigenvalue weighted by Gasteiger charge is -2.03. The minimum absolute atomic E-state index is 0.657. The molecule has 0 spiro atoms. The van der Waals surface area contributed by atoms with E-state index in [0.29, 0.717) is 6.04 Å². The van der Waals surface area contributed by atoms with Crippen molar-refractivity contribution >= 4 is 9.28 Å². The van der Waals surface area contributed by atoms with Crippen molar-refractivity contribution in [3.05, 3.63) is 35.9 Å². The van der Waals surface area contributed by atoms with Crippen LogP contribution >= 0.6 is 0 Å². The Labute approximate surface area is 106 Å². The second-order valence-corrected chi connectivity index (χ2v) is 6.16. The molecule has 0 unspecified atom stereocenters. The van der Waals surface area contributed by atoms with Gasteiger partial charge in [-0.15, -0.1) is 0 Å². The first-order chi connectivity index (χ1) is 8.29. The molecule has 1 rings (SSSR count). The highest BCUT2D eigenvalue weighted by molar-refractivity contribution is 6.40. The van der Waals surface area contributed by atoms with Crippen LogP contribution in [0.15, 0.2) is 30.3 Å². The van der Waals surface area contributed by atoms with E-state index in [1.165, 1.54) is 37.7 Å². The molecule has 0 aliphatic carbocycles. The summed E-state index contributed by atoms with van der Waals surface area (Å²) in [4.78, 5) is 17.6. The third kappa shape index (κ3) is 8.13. The maximum Gasteiger partial charge on any atom is 0.315 e. The molecule has 17 heavy (non-hydrogen) atoms.